The highest BCUT2D eigenvalue weighted by Gasteiger charge is 2.31. The summed E-state index contributed by atoms with van der Waals surface area (Å²) >= 11 is 12.6. The van der Waals surface area contributed by atoms with Crippen LogP contribution in [-0.2, 0) is 10.0 Å². The summed E-state index contributed by atoms with van der Waals surface area (Å²) < 4.78 is 38.6. The SMILES string of the molecule is COc1ccc(C2CC(CNS(=O)(=O)c3cccc4nonc34)=NN2c2ccc(Cl)cc2Cl)cc1. The molecule has 0 saturated heterocycles. The third-order valence-electron chi connectivity index (χ3n) is 5.64. The van der Waals surface area contributed by atoms with Crippen LogP contribution in [0.4, 0.5) is 5.69 Å². The number of hydrogen-bond acceptors (Lipinski definition) is 8. The Bertz CT molecular complexity index is 1520. The molecule has 1 unspecified atom stereocenters. The summed E-state index contributed by atoms with van der Waals surface area (Å²) in [5.41, 5.74) is 2.78. The van der Waals surface area contributed by atoms with E-state index < -0.39 is 10.0 Å². The smallest absolute Gasteiger partial charge is 0.243 e. The Balaban J connectivity index is 1.44. The number of fused-ring (bicyclic) bond motifs is 1. The minimum atomic E-state index is -3.90. The number of halogens is 2. The van der Waals surface area contributed by atoms with E-state index in [1.807, 2.05) is 24.3 Å². The normalized spacial score (nSPS) is 16.0. The fourth-order valence-corrected chi connectivity index (χ4v) is 5.57. The molecule has 4 aromatic rings. The summed E-state index contributed by atoms with van der Waals surface area (Å²) in [6.07, 6.45) is 0.476. The van der Waals surface area contributed by atoms with Crippen molar-refractivity contribution in [2.45, 2.75) is 17.4 Å². The average Bonchev–Trinajstić information content (AvgIpc) is 3.50. The number of methoxy groups -OCH3 is 1. The molecule has 12 heteroatoms. The van der Waals surface area contributed by atoms with E-state index in [1.165, 1.54) is 6.07 Å². The lowest BCUT2D eigenvalue weighted by atomic mass is 10.0. The van der Waals surface area contributed by atoms with Crippen molar-refractivity contribution in [1.82, 2.24) is 15.0 Å². The summed E-state index contributed by atoms with van der Waals surface area (Å²) in [6.45, 7) is -0.00162. The summed E-state index contributed by atoms with van der Waals surface area (Å²) in [6, 6.07) is 17.2. The fourth-order valence-electron chi connectivity index (χ4n) is 3.91. The summed E-state index contributed by atoms with van der Waals surface area (Å²) in [4.78, 5) is -0.0147. The number of hydrazone groups is 1. The minimum absolute atomic E-state index is 0.00162. The molecule has 1 atom stereocenters. The van der Waals surface area contributed by atoms with Gasteiger partial charge in [0.2, 0.25) is 10.0 Å². The van der Waals surface area contributed by atoms with Gasteiger partial charge in [0.1, 0.15) is 16.2 Å². The highest BCUT2D eigenvalue weighted by molar-refractivity contribution is 7.89. The lowest BCUT2D eigenvalue weighted by Gasteiger charge is -2.25. The van der Waals surface area contributed by atoms with Crippen molar-refractivity contribution < 1.29 is 17.8 Å². The second kappa shape index (κ2) is 9.46. The Labute approximate surface area is 211 Å². The van der Waals surface area contributed by atoms with E-state index in [-0.39, 0.29) is 23.0 Å². The molecule has 5 rings (SSSR count). The Morgan fingerprint density at radius 1 is 1.11 bits per heavy atom. The Morgan fingerprint density at radius 3 is 2.66 bits per heavy atom. The number of nitrogens with one attached hydrogen (secondary N) is 1. The van der Waals surface area contributed by atoms with Gasteiger partial charge in [-0.15, -0.1) is 0 Å². The van der Waals surface area contributed by atoms with E-state index in [0.717, 1.165) is 11.3 Å². The van der Waals surface area contributed by atoms with Crippen molar-refractivity contribution in [3.8, 4) is 5.75 Å². The second-order valence-corrected chi connectivity index (χ2v) is 10.4. The van der Waals surface area contributed by atoms with Crippen LogP contribution in [0.25, 0.3) is 11.0 Å². The van der Waals surface area contributed by atoms with E-state index in [0.29, 0.717) is 33.4 Å². The largest absolute Gasteiger partial charge is 0.497 e. The predicted molar refractivity (Wildman–Crippen MR) is 134 cm³/mol. The number of benzene rings is 3. The van der Waals surface area contributed by atoms with Crippen LogP contribution in [0.15, 0.2) is 75.3 Å². The Hall–Kier alpha value is -3.18. The van der Waals surface area contributed by atoms with Gasteiger partial charge in [-0.05, 0) is 58.3 Å². The third kappa shape index (κ3) is 4.70. The van der Waals surface area contributed by atoms with Crippen LogP contribution in [0.2, 0.25) is 10.0 Å². The molecule has 3 aromatic carbocycles. The molecular weight excluding hydrogens is 513 g/mol. The summed E-state index contributed by atoms with van der Waals surface area (Å²) in [5, 5.41) is 14.9. The average molecular weight is 532 g/mol. The summed E-state index contributed by atoms with van der Waals surface area (Å²) in [7, 11) is -2.30. The quantitative estimate of drug-likeness (QED) is 0.363. The van der Waals surface area contributed by atoms with Crippen molar-refractivity contribution in [1.29, 1.82) is 0 Å². The van der Waals surface area contributed by atoms with Gasteiger partial charge in [0.15, 0.2) is 5.52 Å². The zero-order valence-corrected chi connectivity index (χ0v) is 20.7. The van der Waals surface area contributed by atoms with Gasteiger partial charge in [-0.1, -0.05) is 41.4 Å². The predicted octanol–water partition coefficient (Wildman–Crippen LogP) is 4.82. The Kier molecular flexibility index (Phi) is 6.37. The first-order valence-electron chi connectivity index (χ1n) is 10.5. The lowest BCUT2D eigenvalue weighted by Crippen LogP contribution is -2.29. The van der Waals surface area contributed by atoms with Gasteiger partial charge >= 0.3 is 0 Å². The topological polar surface area (TPSA) is 110 Å². The van der Waals surface area contributed by atoms with E-state index in [2.05, 4.69) is 19.7 Å². The van der Waals surface area contributed by atoms with E-state index >= 15 is 0 Å². The minimum Gasteiger partial charge on any atom is -0.497 e. The zero-order chi connectivity index (χ0) is 24.6. The molecule has 0 radical (unpaired) electrons. The molecule has 1 N–H and O–H groups in total. The standard InChI is InChI=1S/C23H19Cl2N5O4S/c1-33-17-8-5-14(6-9-17)21-12-16(27-30(21)20-10-7-15(24)11-18(20)25)13-26-35(31,32)22-4-2-3-19-23(22)29-34-28-19/h2-11,21,26H,12-13H2,1H3. The van der Waals surface area contributed by atoms with Gasteiger partial charge in [-0.25, -0.2) is 17.8 Å². The summed E-state index contributed by atoms with van der Waals surface area (Å²) in [5.74, 6) is 0.730. The maximum Gasteiger partial charge on any atom is 0.243 e. The first-order valence-corrected chi connectivity index (χ1v) is 12.7. The molecule has 0 fully saturated rings. The van der Waals surface area contributed by atoms with Crippen molar-refractivity contribution in [3.63, 3.8) is 0 Å². The molecule has 0 spiro atoms. The molecule has 9 nitrogen and oxygen atoms in total. The van der Waals surface area contributed by atoms with E-state index in [9.17, 15) is 8.42 Å². The number of rotatable bonds is 7. The van der Waals surface area contributed by atoms with Gasteiger partial charge in [-0.2, -0.15) is 5.10 Å². The first-order chi connectivity index (χ1) is 16.9. The molecule has 0 aliphatic carbocycles. The highest BCUT2D eigenvalue weighted by atomic mass is 35.5. The maximum absolute atomic E-state index is 13.0. The number of anilines is 1. The number of nitrogens with zero attached hydrogens (tertiary/aromatic N) is 4. The third-order valence-corrected chi connectivity index (χ3v) is 7.61. The van der Waals surface area contributed by atoms with Gasteiger partial charge < -0.3 is 4.74 Å². The van der Waals surface area contributed by atoms with Crippen molar-refractivity contribution in [2.24, 2.45) is 5.10 Å². The van der Waals surface area contributed by atoms with Gasteiger partial charge in [0.25, 0.3) is 0 Å². The van der Waals surface area contributed by atoms with Crippen LogP contribution in [-0.4, -0.2) is 38.1 Å². The van der Waals surface area contributed by atoms with Gasteiger partial charge in [-0.3, -0.25) is 5.01 Å². The number of hydrogen-bond donors (Lipinski definition) is 1. The molecule has 1 aliphatic heterocycles. The molecule has 180 valence electrons. The van der Waals surface area contributed by atoms with Crippen LogP contribution < -0.4 is 14.5 Å². The lowest BCUT2D eigenvalue weighted by molar-refractivity contribution is 0.315. The molecule has 0 saturated carbocycles. The van der Waals surface area contributed by atoms with Crippen molar-refractivity contribution in [3.05, 3.63) is 76.3 Å². The van der Waals surface area contributed by atoms with Crippen LogP contribution in [0, 0.1) is 0 Å². The molecule has 35 heavy (non-hydrogen) atoms. The number of ether oxygens (including phenoxy) is 1. The van der Waals surface area contributed by atoms with Crippen molar-refractivity contribution >= 4 is 55.7 Å². The molecule has 2 heterocycles. The second-order valence-electron chi connectivity index (χ2n) is 7.81. The monoisotopic (exact) mass is 531 g/mol. The van der Waals surface area contributed by atoms with E-state index in [1.54, 1.807) is 42.5 Å². The van der Waals surface area contributed by atoms with Crippen LogP contribution >= 0.6 is 23.2 Å². The van der Waals surface area contributed by atoms with E-state index in [4.69, 9.17) is 33.0 Å². The van der Waals surface area contributed by atoms with Crippen LogP contribution in [0.5, 0.6) is 5.75 Å². The number of sulfonamides is 1. The molecular formula is C23H19Cl2N5O4S. The molecule has 0 amide bonds. The van der Waals surface area contributed by atoms with Gasteiger partial charge in [0.05, 0.1) is 36.1 Å². The van der Waals surface area contributed by atoms with Gasteiger partial charge in [0, 0.05) is 11.4 Å². The molecule has 1 aromatic heterocycles. The molecule has 0 bridgehead atoms. The van der Waals surface area contributed by atoms with Crippen LogP contribution in [0.1, 0.15) is 18.0 Å². The maximum atomic E-state index is 13.0. The molecule has 1 aliphatic rings. The highest BCUT2D eigenvalue weighted by Crippen LogP contribution is 2.40. The fraction of sp³-hybridized carbons (Fsp3) is 0.174. The zero-order valence-electron chi connectivity index (χ0n) is 18.4. The van der Waals surface area contributed by atoms with Crippen molar-refractivity contribution in [2.75, 3.05) is 18.7 Å². The number of aromatic nitrogens is 2. The first kappa shape index (κ1) is 23.6. The Morgan fingerprint density at radius 2 is 1.91 bits per heavy atom. The van der Waals surface area contributed by atoms with Crippen LogP contribution in [0.3, 0.4) is 0 Å².